The van der Waals surface area contributed by atoms with Crippen LogP contribution in [0.3, 0.4) is 0 Å². The quantitative estimate of drug-likeness (QED) is 0.775. The summed E-state index contributed by atoms with van der Waals surface area (Å²) >= 11 is 0. The fourth-order valence-corrected chi connectivity index (χ4v) is 2.11. The van der Waals surface area contributed by atoms with E-state index >= 15 is 0 Å². The summed E-state index contributed by atoms with van der Waals surface area (Å²) in [5, 5.41) is 2.73. The number of nitrogens with two attached hydrogens (primary N) is 1. The number of rotatable bonds is 2. The second-order valence-electron chi connectivity index (χ2n) is 4.72. The number of likely N-dealkylation sites (tertiary alicyclic amines) is 1. The second-order valence-corrected chi connectivity index (χ2v) is 4.72. The van der Waals surface area contributed by atoms with Gasteiger partial charge in [0.15, 0.2) is 0 Å². The molecule has 1 aromatic carbocycles. The van der Waals surface area contributed by atoms with Crippen molar-refractivity contribution in [2.75, 3.05) is 19.3 Å². The maximum absolute atomic E-state index is 13.6. The number of anilines is 1. The lowest BCUT2D eigenvalue weighted by molar-refractivity contribution is -0.132. The van der Waals surface area contributed by atoms with Gasteiger partial charge in [0.25, 0.3) is 5.91 Å². The molecule has 0 radical (unpaired) electrons. The molecule has 1 unspecified atom stereocenters. The van der Waals surface area contributed by atoms with Crippen LogP contribution in [0.5, 0.6) is 0 Å². The lowest BCUT2D eigenvalue weighted by Crippen LogP contribution is -2.48. The van der Waals surface area contributed by atoms with Crippen LogP contribution in [0.1, 0.15) is 23.2 Å². The largest absolute Gasteiger partial charge is 0.399 e. The summed E-state index contributed by atoms with van der Waals surface area (Å²) in [4.78, 5) is 24.8. The molecule has 1 fully saturated rings. The Balaban J connectivity index is 2.03. The number of hydrogen-bond donors (Lipinski definition) is 2. The molecule has 5 nitrogen and oxygen atoms in total. The van der Waals surface area contributed by atoms with Gasteiger partial charge in [-0.15, -0.1) is 0 Å². The molecule has 1 heterocycles. The number of carbonyl (C=O) groups is 2. The number of hydrogen-bond acceptors (Lipinski definition) is 3. The summed E-state index contributed by atoms with van der Waals surface area (Å²) < 4.78 is 13.6. The highest BCUT2D eigenvalue weighted by Crippen LogP contribution is 2.14. The Morgan fingerprint density at radius 2 is 2.26 bits per heavy atom. The van der Waals surface area contributed by atoms with Crippen LogP contribution < -0.4 is 11.1 Å². The fourth-order valence-electron chi connectivity index (χ4n) is 2.11. The van der Waals surface area contributed by atoms with Gasteiger partial charge in [0.2, 0.25) is 5.91 Å². The predicted molar refractivity (Wildman–Crippen MR) is 68.9 cm³/mol. The molecule has 2 rings (SSSR count). The number of likely N-dealkylation sites (N-methyl/N-ethyl adjacent to an activating group) is 1. The summed E-state index contributed by atoms with van der Waals surface area (Å²) in [6.07, 6.45) is 0.969. The molecule has 1 atom stereocenters. The standard InChI is InChI=1S/C13H16FN3O2/c1-17-7-9(3-5-12(17)18)16-13(19)10-4-2-8(15)6-11(10)14/h2,4,6,9H,3,5,7,15H2,1H3,(H,16,19). The Kier molecular flexibility index (Phi) is 3.69. The van der Waals surface area contributed by atoms with Gasteiger partial charge in [-0.25, -0.2) is 4.39 Å². The van der Waals surface area contributed by atoms with Crippen molar-refractivity contribution in [1.82, 2.24) is 10.2 Å². The van der Waals surface area contributed by atoms with Crippen molar-refractivity contribution in [3.63, 3.8) is 0 Å². The molecule has 0 aliphatic carbocycles. The first-order valence-electron chi connectivity index (χ1n) is 6.07. The molecule has 1 saturated heterocycles. The lowest BCUT2D eigenvalue weighted by Gasteiger charge is -2.30. The minimum atomic E-state index is -0.641. The molecule has 1 aliphatic heterocycles. The van der Waals surface area contributed by atoms with Crippen LogP contribution in [0.4, 0.5) is 10.1 Å². The molecule has 0 saturated carbocycles. The average molecular weight is 265 g/mol. The highest BCUT2D eigenvalue weighted by molar-refractivity contribution is 5.95. The molecule has 102 valence electrons. The van der Waals surface area contributed by atoms with E-state index < -0.39 is 11.7 Å². The van der Waals surface area contributed by atoms with Crippen LogP contribution in [-0.2, 0) is 4.79 Å². The number of nitrogens with one attached hydrogen (secondary N) is 1. The number of benzene rings is 1. The number of halogens is 1. The third-order valence-electron chi connectivity index (χ3n) is 3.20. The van der Waals surface area contributed by atoms with Gasteiger partial charge in [-0.1, -0.05) is 0 Å². The zero-order valence-corrected chi connectivity index (χ0v) is 10.6. The van der Waals surface area contributed by atoms with Gasteiger partial charge in [-0.3, -0.25) is 9.59 Å². The van der Waals surface area contributed by atoms with Gasteiger partial charge in [-0.2, -0.15) is 0 Å². The first-order valence-corrected chi connectivity index (χ1v) is 6.07. The molecular weight excluding hydrogens is 249 g/mol. The molecular formula is C13H16FN3O2. The normalized spacial score (nSPS) is 19.4. The van der Waals surface area contributed by atoms with Crippen molar-refractivity contribution in [3.8, 4) is 0 Å². The van der Waals surface area contributed by atoms with E-state index in [4.69, 9.17) is 5.73 Å². The van der Waals surface area contributed by atoms with Crippen LogP contribution in [0.15, 0.2) is 18.2 Å². The summed E-state index contributed by atoms with van der Waals surface area (Å²) in [6.45, 7) is 0.446. The SMILES string of the molecule is CN1CC(NC(=O)c2ccc(N)cc2F)CCC1=O. The van der Waals surface area contributed by atoms with E-state index in [1.54, 1.807) is 11.9 Å². The summed E-state index contributed by atoms with van der Waals surface area (Å²) in [5.41, 5.74) is 5.67. The molecule has 0 aromatic heterocycles. The van der Waals surface area contributed by atoms with Gasteiger partial charge in [0, 0.05) is 31.7 Å². The lowest BCUT2D eigenvalue weighted by atomic mass is 10.0. The van der Waals surface area contributed by atoms with E-state index in [1.807, 2.05) is 0 Å². The van der Waals surface area contributed by atoms with Crippen molar-refractivity contribution in [3.05, 3.63) is 29.6 Å². The number of nitrogens with zero attached hydrogens (tertiary/aromatic N) is 1. The Hall–Kier alpha value is -2.11. The molecule has 3 N–H and O–H groups in total. The molecule has 1 aromatic rings. The van der Waals surface area contributed by atoms with Crippen LogP contribution in [0.25, 0.3) is 0 Å². The second kappa shape index (κ2) is 5.26. The van der Waals surface area contributed by atoms with Gasteiger partial charge in [-0.05, 0) is 24.6 Å². The van der Waals surface area contributed by atoms with Gasteiger partial charge < -0.3 is 16.0 Å². The smallest absolute Gasteiger partial charge is 0.254 e. The van der Waals surface area contributed by atoms with Crippen molar-refractivity contribution >= 4 is 17.5 Å². The van der Waals surface area contributed by atoms with Crippen LogP contribution in [0, 0.1) is 5.82 Å². The van der Waals surface area contributed by atoms with Crippen LogP contribution in [-0.4, -0.2) is 36.3 Å². The van der Waals surface area contributed by atoms with E-state index in [2.05, 4.69) is 5.32 Å². The van der Waals surface area contributed by atoms with E-state index in [9.17, 15) is 14.0 Å². The minimum Gasteiger partial charge on any atom is -0.399 e. The molecule has 6 heteroatoms. The van der Waals surface area contributed by atoms with Gasteiger partial charge in [0.1, 0.15) is 5.82 Å². The van der Waals surface area contributed by atoms with Crippen molar-refractivity contribution < 1.29 is 14.0 Å². The van der Waals surface area contributed by atoms with E-state index in [0.717, 1.165) is 6.07 Å². The molecule has 1 aliphatic rings. The topological polar surface area (TPSA) is 75.4 Å². The Labute approximate surface area is 110 Å². The fraction of sp³-hybridized carbons (Fsp3) is 0.385. The first kappa shape index (κ1) is 13.3. The molecule has 19 heavy (non-hydrogen) atoms. The third-order valence-corrected chi connectivity index (χ3v) is 3.20. The van der Waals surface area contributed by atoms with Gasteiger partial charge >= 0.3 is 0 Å². The Morgan fingerprint density at radius 3 is 2.89 bits per heavy atom. The maximum atomic E-state index is 13.6. The van der Waals surface area contributed by atoms with E-state index in [-0.39, 0.29) is 23.2 Å². The minimum absolute atomic E-state index is 0.0336. The molecule has 0 bridgehead atoms. The zero-order chi connectivity index (χ0) is 14.0. The van der Waals surface area contributed by atoms with E-state index in [0.29, 0.717) is 19.4 Å². The number of nitrogen functional groups attached to an aromatic ring is 1. The summed E-state index contributed by atoms with van der Waals surface area (Å²) in [6, 6.07) is 3.81. The zero-order valence-electron chi connectivity index (χ0n) is 10.6. The number of piperidine rings is 1. The summed E-state index contributed by atoms with van der Waals surface area (Å²) in [5.74, 6) is -1.06. The number of amides is 2. The number of carbonyl (C=O) groups excluding carboxylic acids is 2. The molecule has 2 amide bonds. The first-order chi connectivity index (χ1) is 8.97. The Bertz CT molecular complexity index is 519. The van der Waals surface area contributed by atoms with Crippen molar-refractivity contribution in [1.29, 1.82) is 0 Å². The predicted octanol–water partition coefficient (Wildman–Crippen LogP) is 0.758. The van der Waals surface area contributed by atoms with E-state index in [1.165, 1.54) is 12.1 Å². The van der Waals surface area contributed by atoms with Crippen molar-refractivity contribution in [2.45, 2.75) is 18.9 Å². The third kappa shape index (κ3) is 3.01. The highest BCUT2D eigenvalue weighted by atomic mass is 19.1. The summed E-state index contributed by atoms with van der Waals surface area (Å²) in [7, 11) is 1.68. The molecule has 0 spiro atoms. The van der Waals surface area contributed by atoms with Gasteiger partial charge in [0.05, 0.1) is 5.56 Å². The van der Waals surface area contributed by atoms with Crippen LogP contribution in [0.2, 0.25) is 0 Å². The van der Waals surface area contributed by atoms with Crippen LogP contribution >= 0.6 is 0 Å². The highest BCUT2D eigenvalue weighted by Gasteiger charge is 2.25. The monoisotopic (exact) mass is 265 g/mol. The maximum Gasteiger partial charge on any atom is 0.254 e. The average Bonchev–Trinajstić information content (AvgIpc) is 2.33. The van der Waals surface area contributed by atoms with Crippen molar-refractivity contribution in [2.24, 2.45) is 0 Å². The Morgan fingerprint density at radius 1 is 1.53 bits per heavy atom.